The fraction of sp³-hybridized carbons (Fsp3) is 0.545. The average molecular weight is 235 g/mol. The van der Waals surface area contributed by atoms with E-state index in [1.165, 1.54) is 12.4 Å². The first-order valence-corrected chi connectivity index (χ1v) is 5.79. The Kier molecular flexibility index (Phi) is 3.53. The molecule has 92 valence electrons. The predicted octanol–water partition coefficient (Wildman–Crippen LogP) is 0.0585. The Bertz CT molecular complexity index is 401. The molecule has 1 heterocycles. The number of anilines is 1. The van der Waals surface area contributed by atoms with E-state index in [9.17, 15) is 4.79 Å². The van der Waals surface area contributed by atoms with Gasteiger partial charge in [-0.05, 0) is 25.7 Å². The zero-order valence-electron chi connectivity index (χ0n) is 9.60. The highest BCUT2D eigenvalue weighted by Gasteiger charge is 2.21. The molecule has 1 fully saturated rings. The van der Waals surface area contributed by atoms with Crippen LogP contribution in [-0.2, 0) is 0 Å². The molecule has 0 aromatic carbocycles. The fourth-order valence-electron chi connectivity index (χ4n) is 2.04. The highest BCUT2D eigenvalue weighted by atomic mass is 16.2. The molecule has 5 N–H and O–H groups in total. The van der Waals surface area contributed by atoms with Gasteiger partial charge in [-0.25, -0.2) is 9.97 Å². The maximum atomic E-state index is 11.9. The normalized spacial score (nSPS) is 24.3. The number of amides is 1. The van der Waals surface area contributed by atoms with Crippen molar-refractivity contribution in [3.05, 3.63) is 18.1 Å². The lowest BCUT2D eigenvalue weighted by molar-refractivity contribution is 0.0921. The van der Waals surface area contributed by atoms with Gasteiger partial charge >= 0.3 is 0 Å². The summed E-state index contributed by atoms with van der Waals surface area (Å²) in [7, 11) is 0. The molecule has 0 aliphatic heterocycles. The zero-order valence-corrected chi connectivity index (χ0v) is 9.60. The van der Waals surface area contributed by atoms with Crippen LogP contribution >= 0.6 is 0 Å². The molecule has 1 aromatic heterocycles. The Hall–Kier alpha value is -1.69. The molecule has 1 saturated carbocycles. The molecule has 1 aliphatic rings. The number of nitrogens with zero attached hydrogens (tertiary/aromatic N) is 2. The lowest BCUT2D eigenvalue weighted by Gasteiger charge is -2.26. The van der Waals surface area contributed by atoms with Crippen molar-refractivity contribution in [2.45, 2.75) is 37.8 Å². The minimum atomic E-state index is -0.254. The SMILES string of the molecule is Nc1nccnc1C(=O)NC1CCC(N)CC1. The summed E-state index contributed by atoms with van der Waals surface area (Å²) in [6.07, 6.45) is 6.63. The number of nitrogen functional groups attached to an aromatic ring is 1. The summed E-state index contributed by atoms with van der Waals surface area (Å²) in [6.45, 7) is 0. The van der Waals surface area contributed by atoms with E-state index in [1.807, 2.05) is 0 Å². The number of nitrogens with one attached hydrogen (secondary N) is 1. The topological polar surface area (TPSA) is 107 Å². The van der Waals surface area contributed by atoms with Gasteiger partial charge in [0.15, 0.2) is 11.5 Å². The first-order valence-electron chi connectivity index (χ1n) is 5.79. The van der Waals surface area contributed by atoms with Crippen molar-refractivity contribution in [1.29, 1.82) is 0 Å². The Morgan fingerprint density at radius 2 is 1.88 bits per heavy atom. The second-order valence-electron chi connectivity index (χ2n) is 4.38. The third-order valence-corrected chi connectivity index (χ3v) is 3.05. The molecule has 0 atom stereocenters. The van der Waals surface area contributed by atoms with Crippen LogP contribution in [0.5, 0.6) is 0 Å². The van der Waals surface area contributed by atoms with E-state index in [2.05, 4.69) is 15.3 Å². The first kappa shape index (κ1) is 11.8. The van der Waals surface area contributed by atoms with E-state index in [1.54, 1.807) is 0 Å². The minimum Gasteiger partial charge on any atom is -0.382 e. The third kappa shape index (κ3) is 2.91. The van der Waals surface area contributed by atoms with Crippen molar-refractivity contribution in [2.75, 3.05) is 5.73 Å². The lowest BCUT2D eigenvalue weighted by Crippen LogP contribution is -2.41. The number of rotatable bonds is 2. The summed E-state index contributed by atoms with van der Waals surface area (Å²) in [6, 6.07) is 0.438. The van der Waals surface area contributed by atoms with Crippen molar-refractivity contribution in [2.24, 2.45) is 5.73 Å². The van der Waals surface area contributed by atoms with Crippen LogP contribution in [0.1, 0.15) is 36.2 Å². The Balaban J connectivity index is 1.96. The second kappa shape index (κ2) is 5.09. The predicted molar refractivity (Wildman–Crippen MR) is 64.1 cm³/mol. The van der Waals surface area contributed by atoms with Crippen molar-refractivity contribution >= 4 is 11.7 Å². The van der Waals surface area contributed by atoms with Gasteiger partial charge in [-0.1, -0.05) is 0 Å². The van der Waals surface area contributed by atoms with Gasteiger partial charge in [-0.15, -0.1) is 0 Å². The van der Waals surface area contributed by atoms with Crippen LogP contribution in [0.4, 0.5) is 5.82 Å². The summed E-state index contributed by atoms with van der Waals surface area (Å²) in [4.78, 5) is 19.7. The molecule has 1 aliphatic carbocycles. The fourth-order valence-corrected chi connectivity index (χ4v) is 2.04. The molecule has 0 saturated heterocycles. The molecule has 2 rings (SSSR count). The van der Waals surface area contributed by atoms with Gasteiger partial charge in [0, 0.05) is 24.5 Å². The van der Waals surface area contributed by atoms with E-state index in [-0.39, 0.29) is 29.5 Å². The van der Waals surface area contributed by atoms with Crippen LogP contribution in [0.2, 0.25) is 0 Å². The van der Waals surface area contributed by atoms with Crippen LogP contribution in [-0.4, -0.2) is 28.0 Å². The number of aromatic nitrogens is 2. The van der Waals surface area contributed by atoms with E-state index in [4.69, 9.17) is 11.5 Å². The third-order valence-electron chi connectivity index (χ3n) is 3.05. The van der Waals surface area contributed by atoms with Crippen LogP contribution < -0.4 is 16.8 Å². The molecule has 0 spiro atoms. The highest BCUT2D eigenvalue weighted by Crippen LogP contribution is 2.17. The lowest BCUT2D eigenvalue weighted by atomic mass is 9.92. The van der Waals surface area contributed by atoms with E-state index in [0.29, 0.717) is 0 Å². The monoisotopic (exact) mass is 235 g/mol. The second-order valence-corrected chi connectivity index (χ2v) is 4.38. The molecule has 17 heavy (non-hydrogen) atoms. The molecule has 6 heteroatoms. The Morgan fingerprint density at radius 3 is 2.53 bits per heavy atom. The van der Waals surface area contributed by atoms with Crippen molar-refractivity contribution in [3.63, 3.8) is 0 Å². The average Bonchev–Trinajstić information content (AvgIpc) is 2.32. The summed E-state index contributed by atoms with van der Waals surface area (Å²) >= 11 is 0. The van der Waals surface area contributed by atoms with E-state index in [0.717, 1.165) is 25.7 Å². The molecule has 6 nitrogen and oxygen atoms in total. The number of hydrogen-bond donors (Lipinski definition) is 3. The number of carbonyl (C=O) groups excluding carboxylic acids is 1. The van der Waals surface area contributed by atoms with Crippen LogP contribution in [0.15, 0.2) is 12.4 Å². The largest absolute Gasteiger partial charge is 0.382 e. The molecule has 1 aromatic rings. The summed E-state index contributed by atoms with van der Waals surface area (Å²) < 4.78 is 0. The smallest absolute Gasteiger partial charge is 0.273 e. The van der Waals surface area contributed by atoms with Gasteiger partial charge < -0.3 is 16.8 Å². The van der Waals surface area contributed by atoms with Crippen molar-refractivity contribution in [3.8, 4) is 0 Å². The van der Waals surface area contributed by atoms with E-state index < -0.39 is 0 Å². The zero-order chi connectivity index (χ0) is 12.3. The maximum absolute atomic E-state index is 11.9. The molecule has 0 radical (unpaired) electrons. The van der Waals surface area contributed by atoms with Crippen molar-refractivity contribution in [1.82, 2.24) is 15.3 Å². The van der Waals surface area contributed by atoms with Gasteiger partial charge in [-0.3, -0.25) is 4.79 Å². The number of nitrogens with two attached hydrogens (primary N) is 2. The van der Waals surface area contributed by atoms with Gasteiger partial charge in [0.1, 0.15) is 0 Å². The maximum Gasteiger partial charge on any atom is 0.273 e. The number of hydrogen-bond acceptors (Lipinski definition) is 5. The quantitative estimate of drug-likeness (QED) is 0.672. The molecular formula is C11H17N5O. The van der Waals surface area contributed by atoms with Gasteiger partial charge in [0.2, 0.25) is 0 Å². The van der Waals surface area contributed by atoms with Crippen LogP contribution in [0.3, 0.4) is 0 Å². The van der Waals surface area contributed by atoms with Crippen LogP contribution in [0, 0.1) is 0 Å². The number of carbonyl (C=O) groups is 1. The van der Waals surface area contributed by atoms with Crippen LogP contribution in [0.25, 0.3) is 0 Å². The Labute approximate surface area is 99.8 Å². The summed E-state index contributed by atoms with van der Waals surface area (Å²) in [5.41, 5.74) is 11.6. The molecule has 1 amide bonds. The van der Waals surface area contributed by atoms with Gasteiger partial charge in [-0.2, -0.15) is 0 Å². The first-order chi connectivity index (χ1) is 8.16. The molecule has 0 bridgehead atoms. The van der Waals surface area contributed by atoms with Gasteiger partial charge in [0.05, 0.1) is 0 Å². The Morgan fingerprint density at radius 1 is 1.24 bits per heavy atom. The highest BCUT2D eigenvalue weighted by molar-refractivity contribution is 5.96. The summed E-state index contributed by atoms with van der Waals surface area (Å²) in [5.74, 6) is -0.0893. The van der Waals surface area contributed by atoms with Gasteiger partial charge in [0.25, 0.3) is 5.91 Å². The molecule has 0 unspecified atom stereocenters. The summed E-state index contributed by atoms with van der Waals surface area (Å²) in [5, 5.41) is 2.92. The standard InChI is InChI=1S/C11H17N5O/c12-7-1-3-8(4-2-7)16-11(17)9-10(13)15-6-5-14-9/h5-8H,1-4,12H2,(H2,13,15)(H,16,17). The minimum absolute atomic E-state index is 0.164. The van der Waals surface area contributed by atoms with E-state index >= 15 is 0 Å². The van der Waals surface area contributed by atoms with Crippen molar-refractivity contribution < 1.29 is 4.79 Å². The molecular weight excluding hydrogens is 218 g/mol.